The molecule has 3 nitrogen and oxygen atoms in total. The zero-order valence-electron chi connectivity index (χ0n) is 11.0. The molecule has 0 N–H and O–H groups in total. The molecule has 104 valence electrons. The molecule has 4 aromatic rings. The number of fused-ring (bicyclic) bond motifs is 3. The summed E-state index contributed by atoms with van der Waals surface area (Å²) in [6.45, 7) is 2.01. The van der Waals surface area contributed by atoms with Crippen LogP contribution < -0.4 is 4.74 Å². The Balaban J connectivity index is 1.89. The fraction of sp³-hybridized carbons (Fsp3) is 0.0667. The van der Waals surface area contributed by atoms with Crippen LogP contribution in [0.1, 0.15) is 14.7 Å². The molecule has 0 radical (unpaired) electrons. The van der Waals surface area contributed by atoms with Crippen LogP contribution in [-0.4, -0.2) is 11.3 Å². The van der Waals surface area contributed by atoms with E-state index >= 15 is 0 Å². The van der Waals surface area contributed by atoms with E-state index in [9.17, 15) is 4.79 Å². The van der Waals surface area contributed by atoms with Gasteiger partial charge in [-0.05, 0) is 30.5 Å². The number of benzene rings is 1. The van der Waals surface area contributed by atoms with Gasteiger partial charge >= 0.3 is 0 Å². The van der Waals surface area contributed by atoms with Crippen molar-refractivity contribution in [3.63, 3.8) is 0 Å². The Labute approximate surface area is 132 Å². The molecule has 1 aromatic carbocycles. The van der Waals surface area contributed by atoms with Crippen LogP contribution >= 0.6 is 34.0 Å². The van der Waals surface area contributed by atoms with Crippen LogP contribution in [0.15, 0.2) is 29.6 Å². The lowest BCUT2D eigenvalue weighted by molar-refractivity contribution is 0.112. The van der Waals surface area contributed by atoms with E-state index in [2.05, 4.69) is 16.4 Å². The van der Waals surface area contributed by atoms with Crippen molar-refractivity contribution in [2.45, 2.75) is 6.92 Å². The second-order valence-corrected chi connectivity index (χ2v) is 7.72. The van der Waals surface area contributed by atoms with Gasteiger partial charge in [-0.15, -0.1) is 22.7 Å². The van der Waals surface area contributed by atoms with Crippen LogP contribution in [0.5, 0.6) is 10.8 Å². The molecule has 0 atom stereocenters. The predicted molar refractivity (Wildman–Crippen MR) is 89.5 cm³/mol. The van der Waals surface area contributed by atoms with Gasteiger partial charge in [0.25, 0.3) is 0 Å². The lowest BCUT2D eigenvalue weighted by Crippen LogP contribution is -1.82. The SMILES string of the molecule is Cc1nc2c(cc(Oc3ccc(C=O)s3)c3ccsc32)s1. The van der Waals surface area contributed by atoms with E-state index in [1.807, 2.05) is 19.1 Å². The molecule has 6 heteroatoms. The first kappa shape index (κ1) is 12.9. The Kier molecular flexibility index (Phi) is 3.02. The number of hydrogen-bond acceptors (Lipinski definition) is 6. The molecule has 3 aromatic heterocycles. The summed E-state index contributed by atoms with van der Waals surface area (Å²) in [7, 11) is 0. The zero-order valence-corrected chi connectivity index (χ0v) is 13.4. The number of aromatic nitrogens is 1. The van der Waals surface area contributed by atoms with Gasteiger partial charge in [0.05, 0.1) is 24.8 Å². The van der Waals surface area contributed by atoms with Crippen LogP contribution in [0.25, 0.3) is 20.3 Å². The summed E-state index contributed by atoms with van der Waals surface area (Å²) in [4.78, 5) is 16.0. The number of ether oxygens (including phenoxy) is 1. The van der Waals surface area contributed by atoms with Crippen LogP contribution in [0.4, 0.5) is 0 Å². The summed E-state index contributed by atoms with van der Waals surface area (Å²) in [5.74, 6) is 0.821. The van der Waals surface area contributed by atoms with E-state index in [1.165, 1.54) is 11.3 Å². The first-order valence-corrected chi connectivity index (χ1v) is 8.76. The third kappa shape index (κ3) is 2.16. The van der Waals surface area contributed by atoms with Gasteiger partial charge in [0, 0.05) is 11.5 Å². The van der Waals surface area contributed by atoms with Crippen molar-refractivity contribution in [2.75, 3.05) is 0 Å². The molecule has 21 heavy (non-hydrogen) atoms. The summed E-state index contributed by atoms with van der Waals surface area (Å²) in [6, 6.07) is 7.69. The highest BCUT2D eigenvalue weighted by molar-refractivity contribution is 7.21. The second-order valence-electron chi connectivity index (χ2n) is 4.49. The lowest BCUT2D eigenvalue weighted by Gasteiger charge is -2.04. The van der Waals surface area contributed by atoms with Crippen LogP contribution in [-0.2, 0) is 0 Å². The number of nitrogens with zero attached hydrogens (tertiary/aromatic N) is 1. The van der Waals surface area contributed by atoms with Crippen molar-refractivity contribution < 1.29 is 9.53 Å². The summed E-state index contributed by atoms with van der Waals surface area (Å²) in [5, 5.41) is 4.90. The molecule has 0 fully saturated rings. The van der Waals surface area contributed by atoms with Crippen molar-refractivity contribution >= 4 is 60.6 Å². The molecule has 0 aliphatic heterocycles. The molecule has 4 rings (SSSR count). The number of aldehydes is 1. The maximum Gasteiger partial charge on any atom is 0.181 e. The molecular formula is C15H9NO2S3. The van der Waals surface area contributed by atoms with Gasteiger partial charge in [-0.3, -0.25) is 4.79 Å². The van der Waals surface area contributed by atoms with Crippen molar-refractivity contribution in [1.29, 1.82) is 0 Å². The van der Waals surface area contributed by atoms with E-state index in [4.69, 9.17) is 4.74 Å². The number of hydrogen-bond donors (Lipinski definition) is 0. The highest BCUT2D eigenvalue weighted by Gasteiger charge is 2.13. The van der Waals surface area contributed by atoms with Gasteiger partial charge in [0.15, 0.2) is 11.3 Å². The highest BCUT2D eigenvalue weighted by Crippen LogP contribution is 2.41. The second kappa shape index (κ2) is 4.91. The van der Waals surface area contributed by atoms with Gasteiger partial charge in [-0.1, -0.05) is 11.3 Å². The minimum absolute atomic E-state index is 0.668. The van der Waals surface area contributed by atoms with Gasteiger partial charge in [0.2, 0.25) is 0 Å². The third-order valence-electron chi connectivity index (χ3n) is 3.10. The van der Waals surface area contributed by atoms with Crippen molar-refractivity contribution in [3.8, 4) is 10.8 Å². The number of carbonyl (C=O) groups is 1. The molecule has 0 aliphatic rings. The summed E-state index contributed by atoms with van der Waals surface area (Å²) in [5.41, 5.74) is 1.05. The fourth-order valence-electron chi connectivity index (χ4n) is 2.23. The molecule has 0 bridgehead atoms. The molecule has 0 amide bonds. The Morgan fingerprint density at radius 1 is 1.24 bits per heavy atom. The van der Waals surface area contributed by atoms with E-state index in [1.54, 1.807) is 28.7 Å². The Morgan fingerprint density at radius 2 is 2.14 bits per heavy atom. The number of thiophene rings is 2. The van der Waals surface area contributed by atoms with Crippen molar-refractivity contribution in [1.82, 2.24) is 4.98 Å². The maximum atomic E-state index is 10.8. The minimum Gasteiger partial charge on any atom is -0.446 e. The monoisotopic (exact) mass is 331 g/mol. The first-order valence-electron chi connectivity index (χ1n) is 6.25. The predicted octanol–water partition coefficient (Wildman–Crippen LogP) is 5.49. The Hall–Kier alpha value is -1.76. The summed E-state index contributed by atoms with van der Waals surface area (Å²) in [6.07, 6.45) is 0.841. The fourth-order valence-corrected chi connectivity index (χ4v) is 4.75. The third-order valence-corrected chi connectivity index (χ3v) is 5.82. The molecule has 0 saturated heterocycles. The average molecular weight is 331 g/mol. The summed E-state index contributed by atoms with van der Waals surface area (Å²) >= 11 is 4.69. The standard InChI is InChI=1S/C15H9NO2S3/c1-8-16-14-12(20-8)6-11(10-4-5-19-15(10)14)18-13-3-2-9(7-17)21-13/h2-7H,1H3. The summed E-state index contributed by atoms with van der Waals surface area (Å²) < 4.78 is 8.28. The van der Waals surface area contributed by atoms with Crippen LogP contribution in [0.3, 0.4) is 0 Å². The quantitative estimate of drug-likeness (QED) is 0.466. The normalized spacial score (nSPS) is 11.3. The van der Waals surface area contributed by atoms with Gasteiger partial charge in [-0.2, -0.15) is 0 Å². The number of aryl methyl sites for hydroxylation is 1. The van der Waals surface area contributed by atoms with Crippen LogP contribution in [0.2, 0.25) is 0 Å². The number of rotatable bonds is 3. The Bertz CT molecular complexity index is 964. The zero-order chi connectivity index (χ0) is 14.4. The smallest absolute Gasteiger partial charge is 0.181 e. The van der Waals surface area contributed by atoms with E-state index in [0.717, 1.165) is 42.4 Å². The molecular weight excluding hydrogens is 322 g/mol. The van der Waals surface area contributed by atoms with Crippen molar-refractivity contribution in [3.05, 3.63) is 39.5 Å². The van der Waals surface area contributed by atoms with Gasteiger partial charge in [-0.25, -0.2) is 4.98 Å². The van der Waals surface area contributed by atoms with E-state index in [0.29, 0.717) is 4.88 Å². The largest absolute Gasteiger partial charge is 0.446 e. The first-order chi connectivity index (χ1) is 10.2. The highest BCUT2D eigenvalue weighted by atomic mass is 32.1. The van der Waals surface area contributed by atoms with Gasteiger partial charge in [0.1, 0.15) is 5.75 Å². The minimum atomic E-state index is 0.668. The number of thiazole rings is 1. The molecule has 0 aliphatic carbocycles. The average Bonchev–Trinajstić information content (AvgIpc) is 3.16. The van der Waals surface area contributed by atoms with Gasteiger partial charge < -0.3 is 4.74 Å². The van der Waals surface area contributed by atoms with Crippen LogP contribution in [0, 0.1) is 6.92 Å². The molecule has 0 saturated carbocycles. The van der Waals surface area contributed by atoms with E-state index < -0.39 is 0 Å². The molecule has 0 unspecified atom stereocenters. The Morgan fingerprint density at radius 3 is 2.95 bits per heavy atom. The molecule has 0 spiro atoms. The number of carbonyl (C=O) groups excluding carboxylic acids is 1. The van der Waals surface area contributed by atoms with E-state index in [-0.39, 0.29) is 0 Å². The van der Waals surface area contributed by atoms with Crippen molar-refractivity contribution in [2.24, 2.45) is 0 Å². The topological polar surface area (TPSA) is 39.2 Å². The maximum absolute atomic E-state index is 10.8. The molecule has 3 heterocycles. The lowest BCUT2D eigenvalue weighted by atomic mass is 10.2.